The number of rotatable bonds is 3. The van der Waals surface area contributed by atoms with Crippen molar-refractivity contribution in [1.29, 1.82) is 0 Å². The Kier molecular flexibility index (Phi) is 3.45. The zero-order chi connectivity index (χ0) is 11.4. The number of halogens is 1. The molecule has 0 bridgehead atoms. The van der Waals surface area contributed by atoms with Crippen LogP contribution in [0, 0.1) is 0 Å². The van der Waals surface area contributed by atoms with Crippen LogP contribution in [0.25, 0.3) is 0 Å². The second-order valence-electron chi connectivity index (χ2n) is 4.23. The van der Waals surface area contributed by atoms with Crippen molar-refractivity contribution in [3.05, 3.63) is 71.8 Å². The van der Waals surface area contributed by atoms with E-state index in [1.807, 2.05) is 0 Å². The van der Waals surface area contributed by atoms with Crippen LogP contribution in [0.4, 0.5) is 0 Å². The zero-order valence-electron chi connectivity index (χ0n) is 9.36. The van der Waals surface area contributed by atoms with E-state index in [1.165, 1.54) is 11.1 Å². The van der Waals surface area contributed by atoms with Gasteiger partial charge in [-0.25, -0.2) is 0 Å². The fourth-order valence-electron chi connectivity index (χ4n) is 1.87. The van der Waals surface area contributed by atoms with Crippen LogP contribution in [0.3, 0.4) is 0 Å². The van der Waals surface area contributed by atoms with Gasteiger partial charge in [-0.15, -0.1) is 0 Å². The molecule has 0 aliphatic heterocycles. The van der Waals surface area contributed by atoms with Gasteiger partial charge in [-0.3, -0.25) is 0 Å². The summed E-state index contributed by atoms with van der Waals surface area (Å²) in [4.78, 5) is 0. The molecular weight excluding hydrogens is 260 g/mol. The topological polar surface area (TPSA) is 0 Å². The van der Waals surface area contributed by atoms with Crippen molar-refractivity contribution in [2.45, 2.75) is 17.7 Å². The average Bonchev–Trinajstić information content (AvgIpc) is 2.31. The second-order valence-corrected chi connectivity index (χ2v) is 5.98. The maximum Gasteiger partial charge on any atom is 0.0518 e. The van der Waals surface area contributed by atoms with Gasteiger partial charge in [-0.1, -0.05) is 76.6 Å². The molecule has 1 heteroatoms. The predicted octanol–water partition coefficient (Wildman–Crippen LogP) is 4.54. The Morgan fingerprint density at radius 2 is 1.38 bits per heavy atom. The highest BCUT2D eigenvalue weighted by atomic mass is 79.9. The Labute approximate surface area is 105 Å². The second kappa shape index (κ2) is 4.84. The van der Waals surface area contributed by atoms with E-state index in [0.717, 1.165) is 6.42 Å². The summed E-state index contributed by atoms with van der Waals surface area (Å²) < 4.78 is 0.00954. The van der Waals surface area contributed by atoms with Crippen molar-refractivity contribution in [3.8, 4) is 0 Å². The summed E-state index contributed by atoms with van der Waals surface area (Å²) in [6.07, 6.45) is 0.998. The number of alkyl halides is 1. The summed E-state index contributed by atoms with van der Waals surface area (Å²) in [6, 6.07) is 21.1. The highest BCUT2D eigenvalue weighted by molar-refractivity contribution is 9.09. The van der Waals surface area contributed by atoms with Crippen LogP contribution in [0.1, 0.15) is 18.1 Å². The van der Waals surface area contributed by atoms with Crippen LogP contribution >= 0.6 is 15.9 Å². The van der Waals surface area contributed by atoms with Gasteiger partial charge in [0, 0.05) is 0 Å². The average molecular weight is 275 g/mol. The molecule has 0 saturated carbocycles. The molecule has 0 aliphatic carbocycles. The van der Waals surface area contributed by atoms with Crippen molar-refractivity contribution >= 4 is 15.9 Å². The first kappa shape index (κ1) is 11.4. The molecule has 2 aromatic rings. The summed E-state index contributed by atoms with van der Waals surface area (Å²) in [7, 11) is 0. The number of hydrogen-bond donors (Lipinski definition) is 0. The van der Waals surface area contributed by atoms with E-state index in [2.05, 4.69) is 83.5 Å². The first-order chi connectivity index (χ1) is 7.68. The van der Waals surface area contributed by atoms with Crippen LogP contribution in [0.5, 0.6) is 0 Å². The largest absolute Gasteiger partial charge is 0.0801 e. The van der Waals surface area contributed by atoms with Crippen LogP contribution < -0.4 is 0 Å². The fraction of sp³-hybridized carbons (Fsp3) is 0.200. The molecule has 0 aromatic heterocycles. The fourth-order valence-corrected chi connectivity index (χ4v) is 2.45. The van der Waals surface area contributed by atoms with Crippen LogP contribution in [-0.4, -0.2) is 0 Å². The third-order valence-corrected chi connectivity index (χ3v) is 3.49. The maximum atomic E-state index is 3.83. The van der Waals surface area contributed by atoms with Gasteiger partial charge in [0.15, 0.2) is 0 Å². The van der Waals surface area contributed by atoms with Gasteiger partial charge in [-0.2, -0.15) is 0 Å². The number of benzene rings is 2. The van der Waals surface area contributed by atoms with Gasteiger partial charge in [-0.05, 0) is 24.5 Å². The minimum absolute atomic E-state index is 0.00954. The Balaban J connectivity index is 2.21. The SMILES string of the molecule is CC(Br)(Cc1ccccc1)c1ccccc1. The van der Waals surface area contributed by atoms with Crippen LogP contribution in [0.15, 0.2) is 60.7 Å². The maximum absolute atomic E-state index is 3.83. The highest BCUT2D eigenvalue weighted by Crippen LogP contribution is 2.34. The Morgan fingerprint density at radius 1 is 0.875 bits per heavy atom. The molecule has 0 amide bonds. The molecule has 1 unspecified atom stereocenters. The normalized spacial score (nSPS) is 14.4. The molecule has 0 aliphatic rings. The quantitative estimate of drug-likeness (QED) is 0.721. The molecule has 0 fully saturated rings. The van der Waals surface area contributed by atoms with Gasteiger partial charge in [0.25, 0.3) is 0 Å². The van der Waals surface area contributed by atoms with Gasteiger partial charge < -0.3 is 0 Å². The summed E-state index contributed by atoms with van der Waals surface area (Å²) in [5.41, 5.74) is 2.67. The molecule has 0 saturated heterocycles. The molecule has 1 atom stereocenters. The van der Waals surface area contributed by atoms with Crippen molar-refractivity contribution < 1.29 is 0 Å². The van der Waals surface area contributed by atoms with E-state index in [0.29, 0.717) is 0 Å². The lowest BCUT2D eigenvalue weighted by Crippen LogP contribution is -2.16. The van der Waals surface area contributed by atoms with Gasteiger partial charge in [0.2, 0.25) is 0 Å². The van der Waals surface area contributed by atoms with E-state index in [-0.39, 0.29) is 4.32 Å². The van der Waals surface area contributed by atoms with Crippen LogP contribution in [0.2, 0.25) is 0 Å². The minimum atomic E-state index is 0.00954. The van der Waals surface area contributed by atoms with Gasteiger partial charge in [0.05, 0.1) is 4.32 Å². The van der Waals surface area contributed by atoms with E-state index in [4.69, 9.17) is 0 Å². The molecule has 2 rings (SSSR count). The molecule has 2 aromatic carbocycles. The minimum Gasteiger partial charge on any atom is -0.0801 e. The summed E-state index contributed by atoms with van der Waals surface area (Å²) in [6.45, 7) is 2.22. The monoisotopic (exact) mass is 274 g/mol. The molecule has 0 spiro atoms. The van der Waals surface area contributed by atoms with E-state index in [9.17, 15) is 0 Å². The number of hydrogen-bond acceptors (Lipinski definition) is 0. The molecule has 0 N–H and O–H groups in total. The Hall–Kier alpha value is -1.08. The Morgan fingerprint density at radius 3 is 1.94 bits per heavy atom. The summed E-state index contributed by atoms with van der Waals surface area (Å²) >= 11 is 3.83. The van der Waals surface area contributed by atoms with E-state index in [1.54, 1.807) is 0 Å². The van der Waals surface area contributed by atoms with Crippen LogP contribution in [-0.2, 0) is 10.7 Å². The smallest absolute Gasteiger partial charge is 0.0518 e. The van der Waals surface area contributed by atoms with Crippen molar-refractivity contribution in [1.82, 2.24) is 0 Å². The molecule has 82 valence electrons. The first-order valence-electron chi connectivity index (χ1n) is 5.47. The third kappa shape index (κ3) is 2.73. The molecule has 0 nitrogen and oxygen atoms in total. The van der Waals surface area contributed by atoms with Gasteiger partial charge in [0.1, 0.15) is 0 Å². The predicted molar refractivity (Wildman–Crippen MR) is 72.9 cm³/mol. The van der Waals surface area contributed by atoms with Crippen molar-refractivity contribution in [3.63, 3.8) is 0 Å². The molecule has 0 radical (unpaired) electrons. The van der Waals surface area contributed by atoms with Crippen molar-refractivity contribution in [2.24, 2.45) is 0 Å². The molecular formula is C15H15Br. The van der Waals surface area contributed by atoms with Gasteiger partial charge >= 0.3 is 0 Å². The molecule has 16 heavy (non-hydrogen) atoms. The third-order valence-electron chi connectivity index (χ3n) is 2.75. The first-order valence-corrected chi connectivity index (χ1v) is 6.26. The van der Waals surface area contributed by atoms with Crippen molar-refractivity contribution in [2.75, 3.05) is 0 Å². The van der Waals surface area contributed by atoms with E-state index >= 15 is 0 Å². The Bertz CT molecular complexity index is 432. The summed E-state index contributed by atoms with van der Waals surface area (Å²) in [5, 5.41) is 0. The summed E-state index contributed by atoms with van der Waals surface area (Å²) in [5.74, 6) is 0. The standard InChI is InChI=1S/C15H15Br/c1-15(16,14-10-6-3-7-11-14)12-13-8-4-2-5-9-13/h2-11H,12H2,1H3. The lowest BCUT2D eigenvalue weighted by Gasteiger charge is -2.23. The zero-order valence-corrected chi connectivity index (χ0v) is 10.9. The lowest BCUT2D eigenvalue weighted by atomic mass is 9.93. The van der Waals surface area contributed by atoms with E-state index < -0.39 is 0 Å². The molecule has 0 heterocycles. The lowest BCUT2D eigenvalue weighted by molar-refractivity contribution is 0.705. The highest BCUT2D eigenvalue weighted by Gasteiger charge is 2.22.